The standard InChI is InChI=1S/C20H21N3/c1-3-7-15(8-4-1)18-19(16-11-13-21-14-12-16)23-20(22-18)17-9-5-2-6-10-17/h2,5-6,9-15H,1,3-4,7-8H2,(H,22,23). The summed E-state index contributed by atoms with van der Waals surface area (Å²) in [6.45, 7) is 0. The molecule has 116 valence electrons. The van der Waals surface area contributed by atoms with Crippen molar-refractivity contribution < 1.29 is 0 Å². The Morgan fingerprint density at radius 1 is 0.826 bits per heavy atom. The van der Waals surface area contributed by atoms with E-state index in [-0.39, 0.29) is 0 Å². The molecule has 4 rings (SSSR count). The number of imidazole rings is 1. The molecule has 0 saturated heterocycles. The summed E-state index contributed by atoms with van der Waals surface area (Å²) in [7, 11) is 0. The fraction of sp³-hybridized carbons (Fsp3) is 0.300. The van der Waals surface area contributed by atoms with Crippen molar-refractivity contribution in [1.82, 2.24) is 15.0 Å². The van der Waals surface area contributed by atoms with Gasteiger partial charge in [-0.3, -0.25) is 4.98 Å². The quantitative estimate of drug-likeness (QED) is 0.723. The van der Waals surface area contributed by atoms with Gasteiger partial charge in [-0.15, -0.1) is 0 Å². The number of H-pyrrole nitrogens is 1. The van der Waals surface area contributed by atoms with Gasteiger partial charge in [0.05, 0.1) is 5.69 Å². The summed E-state index contributed by atoms with van der Waals surface area (Å²) >= 11 is 0. The predicted octanol–water partition coefficient (Wildman–Crippen LogP) is 5.19. The lowest BCUT2D eigenvalue weighted by Crippen LogP contribution is -2.06. The van der Waals surface area contributed by atoms with Gasteiger partial charge in [-0.1, -0.05) is 49.6 Å². The molecule has 0 unspecified atom stereocenters. The van der Waals surface area contributed by atoms with E-state index in [0.717, 1.165) is 22.6 Å². The van der Waals surface area contributed by atoms with E-state index in [1.54, 1.807) is 0 Å². The van der Waals surface area contributed by atoms with Crippen molar-refractivity contribution in [3.8, 4) is 22.6 Å². The minimum atomic E-state index is 0.594. The van der Waals surface area contributed by atoms with E-state index in [9.17, 15) is 0 Å². The number of rotatable bonds is 3. The third-order valence-electron chi connectivity index (χ3n) is 4.75. The van der Waals surface area contributed by atoms with Crippen LogP contribution in [0.2, 0.25) is 0 Å². The second-order valence-electron chi connectivity index (χ2n) is 6.28. The summed E-state index contributed by atoms with van der Waals surface area (Å²) in [5.74, 6) is 1.56. The Morgan fingerprint density at radius 3 is 2.30 bits per heavy atom. The smallest absolute Gasteiger partial charge is 0.138 e. The number of nitrogens with zero attached hydrogens (tertiary/aromatic N) is 2. The van der Waals surface area contributed by atoms with Gasteiger partial charge in [0.2, 0.25) is 0 Å². The van der Waals surface area contributed by atoms with E-state index in [1.165, 1.54) is 37.8 Å². The summed E-state index contributed by atoms with van der Waals surface area (Å²) in [5, 5.41) is 0. The number of pyridine rings is 1. The first-order valence-corrected chi connectivity index (χ1v) is 8.47. The largest absolute Gasteiger partial charge is 0.341 e. The second-order valence-corrected chi connectivity index (χ2v) is 6.28. The van der Waals surface area contributed by atoms with Crippen LogP contribution in [-0.2, 0) is 0 Å². The van der Waals surface area contributed by atoms with Crippen molar-refractivity contribution >= 4 is 0 Å². The van der Waals surface area contributed by atoms with Crippen LogP contribution >= 0.6 is 0 Å². The maximum Gasteiger partial charge on any atom is 0.138 e. The lowest BCUT2D eigenvalue weighted by molar-refractivity contribution is 0.438. The van der Waals surface area contributed by atoms with Crippen LogP contribution in [0.4, 0.5) is 0 Å². The van der Waals surface area contributed by atoms with Crippen LogP contribution < -0.4 is 0 Å². The maximum atomic E-state index is 4.94. The first kappa shape index (κ1) is 14.2. The summed E-state index contributed by atoms with van der Waals surface area (Å²) in [4.78, 5) is 12.7. The first-order valence-electron chi connectivity index (χ1n) is 8.47. The normalized spacial score (nSPS) is 15.7. The van der Waals surface area contributed by atoms with Gasteiger partial charge >= 0.3 is 0 Å². The summed E-state index contributed by atoms with van der Waals surface area (Å²) in [6, 6.07) is 14.5. The molecule has 0 spiro atoms. The van der Waals surface area contributed by atoms with Crippen LogP contribution in [0.1, 0.15) is 43.7 Å². The van der Waals surface area contributed by atoms with E-state index in [4.69, 9.17) is 4.98 Å². The average molecular weight is 303 g/mol. The molecule has 1 aliphatic carbocycles. The van der Waals surface area contributed by atoms with Gasteiger partial charge in [-0.05, 0) is 25.0 Å². The molecule has 3 aromatic rings. The highest BCUT2D eigenvalue weighted by Gasteiger charge is 2.23. The van der Waals surface area contributed by atoms with Gasteiger partial charge in [0.25, 0.3) is 0 Å². The molecule has 3 heteroatoms. The minimum absolute atomic E-state index is 0.594. The van der Waals surface area contributed by atoms with Crippen molar-refractivity contribution in [2.75, 3.05) is 0 Å². The van der Waals surface area contributed by atoms with E-state index >= 15 is 0 Å². The topological polar surface area (TPSA) is 41.6 Å². The number of benzene rings is 1. The van der Waals surface area contributed by atoms with E-state index < -0.39 is 0 Å². The summed E-state index contributed by atoms with van der Waals surface area (Å²) < 4.78 is 0. The molecule has 0 aliphatic heterocycles. The number of nitrogens with one attached hydrogen (secondary N) is 1. The zero-order chi connectivity index (χ0) is 15.5. The molecule has 1 N–H and O–H groups in total. The number of aromatic amines is 1. The molecule has 1 fully saturated rings. The van der Waals surface area contributed by atoms with Crippen molar-refractivity contribution in [1.29, 1.82) is 0 Å². The van der Waals surface area contributed by atoms with Gasteiger partial charge in [-0.25, -0.2) is 4.98 Å². The second kappa shape index (κ2) is 6.37. The predicted molar refractivity (Wildman–Crippen MR) is 93.1 cm³/mol. The molecule has 2 heterocycles. The molecular weight excluding hydrogens is 282 g/mol. The summed E-state index contributed by atoms with van der Waals surface area (Å²) in [5.41, 5.74) is 4.69. The molecule has 3 nitrogen and oxygen atoms in total. The monoisotopic (exact) mass is 303 g/mol. The van der Waals surface area contributed by atoms with Crippen LogP contribution in [0.3, 0.4) is 0 Å². The Labute approximate surface area is 136 Å². The molecule has 0 amide bonds. The SMILES string of the molecule is c1ccc(-c2nc(-c3ccncc3)c(C3CCCCC3)[nH]2)cc1. The van der Waals surface area contributed by atoms with Crippen molar-refractivity contribution in [2.45, 2.75) is 38.0 Å². The zero-order valence-electron chi connectivity index (χ0n) is 13.2. The Hall–Kier alpha value is -2.42. The fourth-order valence-corrected chi connectivity index (χ4v) is 3.54. The Balaban J connectivity index is 1.80. The molecule has 0 atom stereocenters. The molecular formula is C20H21N3. The third-order valence-corrected chi connectivity index (χ3v) is 4.75. The molecule has 1 aliphatic rings. The maximum absolute atomic E-state index is 4.94. The highest BCUT2D eigenvalue weighted by Crippen LogP contribution is 2.38. The Bertz CT molecular complexity index is 756. The highest BCUT2D eigenvalue weighted by atomic mass is 14.9. The number of hydrogen-bond acceptors (Lipinski definition) is 2. The first-order chi connectivity index (χ1) is 11.4. The Kier molecular flexibility index (Phi) is 3.93. The van der Waals surface area contributed by atoms with Crippen molar-refractivity contribution in [2.24, 2.45) is 0 Å². The van der Waals surface area contributed by atoms with Crippen LogP contribution in [-0.4, -0.2) is 15.0 Å². The van der Waals surface area contributed by atoms with Crippen molar-refractivity contribution in [3.63, 3.8) is 0 Å². The number of aromatic nitrogens is 3. The van der Waals surface area contributed by atoms with Gasteiger partial charge < -0.3 is 4.98 Å². The fourth-order valence-electron chi connectivity index (χ4n) is 3.54. The molecule has 0 bridgehead atoms. The third kappa shape index (κ3) is 2.91. The molecule has 1 aromatic carbocycles. The van der Waals surface area contributed by atoms with Gasteiger partial charge in [-0.2, -0.15) is 0 Å². The number of hydrogen-bond donors (Lipinski definition) is 1. The highest BCUT2D eigenvalue weighted by molar-refractivity contribution is 5.67. The lowest BCUT2D eigenvalue weighted by Gasteiger charge is -2.21. The van der Waals surface area contributed by atoms with E-state index in [1.807, 2.05) is 18.5 Å². The molecule has 0 radical (unpaired) electrons. The van der Waals surface area contributed by atoms with E-state index in [2.05, 4.69) is 46.4 Å². The van der Waals surface area contributed by atoms with Crippen LogP contribution in [0.5, 0.6) is 0 Å². The zero-order valence-corrected chi connectivity index (χ0v) is 13.2. The molecule has 2 aromatic heterocycles. The van der Waals surface area contributed by atoms with E-state index in [0.29, 0.717) is 5.92 Å². The lowest BCUT2D eigenvalue weighted by atomic mass is 9.85. The van der Waals surface area contributed by atoms with Gasteiger partial charge in [0.15, 0.2) is 0 Å². The Morgan fingerprint density at radius 2 is 1.57 bits per heavy atom. The molecule has 23 heavy (non-hydrogen) atoms. The van der Waals surface area contributed by atoms with Crippen molar-refractivity contribution in [3.05, 3.63) is 60.6 Å². The van der Waals surface area contributed by atoms with Crippen LogP contribution in [0, 0.1) is 0 Å². The van der Waals surface area contributed by atoms with Crippen LogP contribution in [0.15, 0.2) is 54.9 Å². The minimum Gasteiger partial charge on any atom is -0.341 e. The van der Waals surface area contributed by atoms with Gasteiger partial charge in [0, 0.05) is 35.1 Å². The van der Waals surface area contributed by atoms with Crippen LogP contribution in [0.25, 0.3) is 22.6 Å². The summed E-state index contributed by atoms with van der Waals surface area (Å²) in [6.07, 6.45) is 10.2. The molecule has 1 saturated carbocycles. The van der Waals surface area contributed by atoms with Gasteiger partial charge in [0.1, 0.15) is 5.82 Å². The average Bonchev–Trinajstić information content (AvgIpc) is 3.09.